The number of benzene rings is 1. The number of hydrogen-bond acceptors (Lipinski definition) is 2. The van der Waals surface area contributed by atoms with Gasteiger partial charge in [0.25, 0.3) is 0 Å². The largest absolute Gasteiger partial charge is 0.417 e. The van der Waals surface area contributed by atoms with Crippen LogP contribution in [-0.4, -0.2) is 15.6 Å². The standard InChI is InChI=1S/C13H10BrF3N2O/c1-19-5-4-9(18-19)7-12(20)10-3-2-8(14)6-11(10)13(15,16)17/h2-6H,7H2,1H3. The maximum atomic E-state index is 12.9. The van der Waals surface area contributed by atoms with Crippen molar-refractivity contribution in [2.75, 3.05) is 0 Å². The Labute approximate surface area is 121 Å². The molecule has 0 saturated carbocycles. The summed E-state index contributed by atoms with van der Waals surface area (Å²) >= 11 is 2.98. The molecule has 20 heavy (non-hydrogen) atoms. The van der Waals surface area contributed by atoms with Gasteiger partial charge in [-0.2, -0.15) is 18.3 Å². The van der Waals surface area contributed by atoms with Gasteiger partial charge in [-0.05, 0) is 24.3 Å². The molecule has 0 saturated heterocycles. The van der Waals surface area contributed by atoms with Gasteiger partial charge in [-0.1, -0.05) is 15.9 Å². The summed E-state index contributed by atoms with van der Waals surface area (Å²) in [4.78, 5) is 12.0. The smallest absolute Gasteiger partial charge is 0.294 e. The normalized spacial score (nSPS) is 11.7. The number of carbonyl (C=O) groups excluding carboxylic acids is 1. The predicted octanol–water partition coefficient (Wildman–Crippen LogP) is 3.63. The van der Waals surface area contributed by atoms with Crippen molar-refractivity contribution >= 4 is 21.7 Å². The maximum Gasteiger partial charge on any atom is 0.417 e. The predicted molar refractivity (Wildman–Crippen MR) is 70.4 cm³/mol. The van der Waals surface area contributed by atoms with E-state index in [2.05, 4.69) is 21.0 Å². The van der Waals surface area contributed by atoms with Crippen molar-refractivity contribution in [3.8, 4) is 0 Å². The Bertz CT molecular complexity index is 649. The molecule has 0 unspecified atom stereocenters. The first kappa shape index (κ1) is 14.8. The molecule has 1 aromatic carbocycles. The highest BCUT2D eigenvalue weighted by Gasteiger charge is 2.35. The summed E-state index contributed by atoms with van der Waals surface area (Å²) in [6.07, 6.45) is -3.10. The lowest BCUT2D eigenvalue weighted by Gasteiger charge is -2.12. The van der Waals surface area contributed by atoms with E-state index in [4.69, 9.17) is 0 Å². The van der Waals surface area contributed by atoms with Gasteiger partial charge in [0.1, 0.15) is 0 Å². The van der Waals surface area contributed by atoms with Gasteiger partial charge in [-0.25, -0.2) is 0 Å². The molecular weight excluding hydrogens is 337 g/mol. The number of alkyl halides is 3. The fourth-order valence-corrected chi connectivity index (χ4v) is 2.17. The van der Waals surface area contributed by atoms with E-state index in [0.29, 0.717) is 5.69 Å². The minimum Gasteiger partial charge on any atom is -0.294 e. The van der Waals surface area contributed by atoms with Crippen molar-refractivity contribution in [1.82, 2.24) is 9.78 Å². The first-order valence-electron chi connectivity index (χ1n) is 5.66. The van der Waals surface area contributed by atoms with Gasteiger partial charge in [-0.15, -0.1) is 0 Å². The molecule has 7 heteroatoms. The molecule has 0 aliphatic heterocycles. The zero-order chi connectivity index (χ0) is 14.9. The number of rotatable bonds is 3. The van der Waals surface area contributed by atoms with E-state index in [1.807, 2.05) is 0 Å². The number of hydrogen-bond donors (Lipinski definition) is 0. The van der Waals surface area contributed by atoms with Gasteiger partial charge in [0, 0.05) is 23.3 Å². The van der Waals surface area contributed by atoms with Crippen molar-refractivity contribution in [2.24, 2.45) is 7.05 Å². The van der Waals surface area contributed by atoms with E-state index in [9.17, 15) is 18.0 Å². The molecule has 2 aromatic rings. The Balaban J connectivity index is 2.34. The second-order valence-electron chi connectivity index (χ2n) is 4.27. The van der Waals surface area contributed by atoms with Crippen molar-refractivity contribution < 1.29 is 18.0 Å². The van der Waals surface area contributed by atoms with Gasteiger partial charge in [0.2, 0.25) is 0 Å². The third-order valence-electron chi connectivity index (χ3n) is 2.70. The lowest BCUT2D eigenvalue weighted by atomic mass is 10.0. The summed E-state index contributed by atoms with van der Waals surface area (Å²) in [5.41, 5.74) is -0.840. The highest BCUT2D eigenvalue weighted by Crippen LogP contribution is 2.34. The highest BCUT2D eigenvalue weighted by molar-refractivity contribution is 9.10. The minimum absolute atomic E-state index is 0.161. The SMILES string of the molecule is Cn1ccc(CC(=O)c2ccc(Br)cc2C(F)(F)F)n1. The lowest BCUT2D eigenvalue weighted by Crippen LogP contribution is -2.15. The summed E-state index contributed by atoms with van der Waals surface area (Å²) in [7, 11) is 1.68. The van der Waals surface area contributed by atoms with Gasteiger partial charge < -0.3 is 0 Å². The van der Waals surface area contributed by atoms with Crippen LogP contribution in [-0.2, 0) is 19.6 Å². The van der Waals surface area contributed by atoms with Crippen LogP contribution in [0.2, 0.25) is 0 Å². The Morgan fingerprint density at radius 3 is 2.60 bits per heavy atom. The van der Waals surface area contributed by atoms with Gasteiger partial charge in [0.05, 0.1) is 17.7 Å². The van der Waals surface area contributed by atoms with Crippen molar-refractivity contribution in [1.29, 1.82) is 0 Å². The van der Waals surface area contributed by atoms with Crippen LogP contribution in [0, 0.1) is 0 Å². The third-order valence-corrected chi connectivity index (χ3v) is 3.19. The fourth-order valence-electron chi connectivity index (χ4n) is 1.81. The molecule has 1 aromatic heterocycles. The summed E-state index contributed by atoms with van der Waals surface area (Å²) in [5.74, 6) is -0.608. The molecule has 0 aliphatic rings. The summed E-state index contributed by atoms with van der Waals surface area (Å²) < 4.78 is 40.6. The number of halogens is 4. The zero-order valence-electron chi connectivity index (χ0n) is 10.4. The van der Waals surface area contributed by atoms with E-state index in [1.165, 1.54) is 16.8 Å². The number of aromatic nitrogens is 2. The van der Waals surface area contributed by atoms with Crippen LogP contribution in [0.4, 0.5) is 13.2 Å². The van der Waals surface area contributed by atoms with Gasteiger partial charge >= 0.3 is 6.18 Å². The molecule has 0 atom stereocenters. The molecule has 106 valence electrons. The Morgan fingerprint density at radius 1 is 1.35 bits per heavy atom. The number of Topliss-reactive ketones (excluding diaryl/α,β-unsaturated/α-hetero) is 1. The summed E-state index contributed by atoms with van der Waals surface area (Å²) in [6, 6.07) is 5.11. The monoisotopic (exact) mass is 346 g/mol. The van der Waals surface area contributed by atoms with Gasteiger partial charge in [0.15, 0.2) is 5.78 Å². The highest BCUT2D eigenvalue weighted by atomic mass is 79.9. The first-order chi connectivity index (χ1) is 9.27. The van der Waals surface area contributed by atoms with Crippen molar-refractivity contribution in [2.45, 2.75) is 12.6 Å². The van der Waals surface area contributed by atoms with E-state index < -0.39 is 17.5 Å². The Hall–Kier alpha value is -1.63. The first-order valence-corrected chi connectivity index (χ1v) is 6.45. The lowest BCUT2D eigenvalue weighted by molar-refractivity contribution is -0.138. The summed E-state index contributed by atoms with van der Waals surface area (Å²) in [5, 5.41) is 3.99. The molecule has 0 bridgehead atoms. The molecule has 0 fully saturated rings. The average molecular weight is 347 g/mol. The van der Waals surface area contributed by atoms with E-state index in [0.717, 1.165) is 6.07 Å². The Kier molecular flexibility index (Phi) is 3.99. The van der Waals surface area contributed by atoms with Crippen LogP contribution in [0.1, 0.15) is 21.6 Å². The van der Waals surface area contributed by atoms with E-state index in [1.54, 1.807) is 19.3 Å². The molecule has 0 N–H and O–H groups in total. The number of aryl methyl sites for hydroxylation is 1. The molecule has 1 heterocycles. The quantitative estimate of drug-likeness (QED) is 0.795. The van der Waals surface area contributed by atoms with Crippen LogP contribution >= 0.6 is 15.9 Å². The number of ketones is 1. The summed E-state index contributed by atoms with van der Waals surface area (Å²) in [6.45, 7) is 0. The zero-order valence-corrected chi connectivity index (χ0v) is 12.0. The number of nitrogens with zero attached hydrogens (tertiary/aromatic N) is 2. The van der Waals surface area contributed by atoms with Crippen LogP contribution in [0.25, 0.3) is 0 Å². The van der Waals surface area contributed by atoms with Crippen LogP contribution in [0.15, 0.2) is 34.9 Å². The molecule has 0 spiro atoms. The van der Waals surface area contributed by atoms with Crippen LogP contribution in [0.3, 0.4) is 0 Å². The second-order valence-corrected chi connectivity index (χ2v) is 5.18. The number of carbonyl (C=O) groups is 1. The van der Waals surface area contributed by atoms with E-state index >= 15 is 0 Å². The second kappa shape index (κ2) is 5.40. The molecular formula is C13H10BrF3N2O. The van der Waals surface area contributed by atoms with Crippen molar-refractivity contribution in [3.05, 3.63) is 51.8 Å². The van der Waals surface area contributed by atoms with Gasteiger partial charge in [-0.3, -0.25) is 9.48 Å². The maximum absolute atomic E-state index is 12.9. The van der Waals surface area contributed by atoms with Crippen molar-refractivity contribution in [3.63, 3.8) is 0 Å². The van der Waals surface area contributed by atoms with Crippen LogP contribution < -0.4 is 0 Å². The fraction of sp³-hybridized carbons (Fsp3) is 0.231. The topological polar surface area (TPSA) is 34.9 Å². The molecule has 0 radical (unpaired) electrons. The minimum atomic E-state index is -4.57. The average Bonchev–Trinajstić information content (AvgIpc) is 2.73. The molecule has 0 aliphatic carbocycles. The van der Waals surface area contributed by atoms with Crippen LogP contribution in [0.5, 0.6) is 0 Å². The molecule has 2 rings (SSSR count). The molecule has 0 amide bonds. The molecule has 3 nitrogen and oxygen atoms in total. The Morgan fingerprint density at radius 2 is 2.05 bits per heavy atom. The third kappa shape index (κ3) is 3.27. The van der Waals surface area contributed by atoms with E-state index in [-0.39, 0.29) is 16.5 Å².